The Labute approximate surface area is 164 Å². The molecule has 0 spiro atoms. The quantitative estimate of drug-likeness (QED) is 0.667. The molecule has 2 rings (SSSR count). The highest BCUT2D eigenvalue weighted by atomic mass is 32.2. The molecule has 2 aromatic rings. The third-order valence-corrected chi connectivity index (χ3v) is 4.73. The van der Waals surface area contributed by atoms with Gasteiger partial charge in [-0.1, -0.05) is 19.9 Å². The number of thioether (sulfide) groups is 1. The third-order valence-electron chi connectivity index (χ3n) is 4.00. The zero-order chi connectivity index (χ0) is 19.8. The van der Waals surface area contributed by atoms with Crippen molar-refractivity contribution in [1.29, 1.82) is 0 Å². The van der Waals surface area contributed by atoms with E-state index in [0.717, 1.165) is 4.90 Å². The van der Waals surface area contributed by atoms with Gasteiger partial charge in [-0.2, -0.15) is 0 Å². The Kier molecular flexibility index (Phi) is 7.73. The van der Waals surface area contributed by atoms with E-state index in [2.05, 4.69) is 10.6 Å². The van der Waals surface area contributed by atoms with Crippen LogP contribution in [0.2, 0.25) is 0 Å². The Balaban J connectivity index is 2.07. The van der Waals surface area contributed by atoms with E-state index in [1.807, 2.05) is 51.3 Å². The first-order valence-corrected chi connectivity index (χ1v) is 10.2. The molecular formula is C21H26N2O3S. The molecule has 2 aromatic carbocycles. The minimum Gasteiger partial charge on any atom is -0.494 e. The molecule has 1 unspecified atom stereocenters. The van der Waals surface area contributed by atoms with Crippen molar-refractivity contribution in [2.45, 2.75) is 31.7 Å². The molecule has 0 radical (unpaired) electrons. The minimum atomic E-state index is -0.637. The summed E-state index contributed by atoms with van der Waals surface area (Å²) in [6, 6.07) is 13.9. The van der Waals surface area contributed by atoms with E-state index in [0.29, 0.717) is 23.6 Å². The molecular weight excluding hydrogens is 360 g/mol. The molecule has 0 aromatic heterocycles. The van der Waals surface area contributed by atoms with Crippen LogP contribution in [0.5, 0.6) is 5.75 Å². The topological polar surface area (TPSA) is 67.4 Å². The fourth-order valence-corrected chi connectivity index (χ4v) is 3.01. The molecule has 0 fully saturated rings. The Morgan fingerprint density at radius 3 is 2.41 bits per heavy atom. The highest BCUT2D eigenvalue weighted by Crippen LogP contribution is 2.20. The standard InChI is InChI=1S/C21H26N2O3S/c1-5-26-17-11-9-15(10-12-17)20(24)23-19(14(2)3)21(25)22-16-7-6-8-18(13-16)27-4/h6-14,19H,5H2,1-4H3,(H,22,25)(H,23,24). The van der Waals surface area contributed by atoms with Crippen LogP contribution in [0.1, 0.15) is 31.1 Å². The van der Waals surface area contributed by atoms with Crippen molar-refractivity contribution < 1.29 is 14.3 Å². The first-order chi connectivity index (χ1) is 12.9. The predicted molar refractivity (Wildman–Crippen MR) is 111 cm³/mol. The molecule has 6 heteroatoms. The molecule has 0 bridgehead atoms. The lowest BCUT2D eigenvalue weighted by Crippen LogP contribution is -2.47. The van der Waals surface area contributed by atoms with Crippen molar-refractivity contribution >= 4 is 29.3 Å². The maximum absolute atomic E-state index is 12.7. The van der Waals surface area contributed by atoms with Crippen LogP contribution in [-0.2, 0) is 4.79 Å². The number of rotatable bonds is 8. The highest BCUT2D eigenvalue weighted by Gasteiger charge is 2.25. The van der Waals surface area contributed by atoms with Crippen LogP contribution in [-0.4, -0.2) is 30.7 Å². The van der Waals surface area contributed by atoms with Gasteiger partial charge in [-0.15, -0.1) is 11.8 Å². The van der Waals surface area contributed by atoms with Gasteiger partial charge in [0.05, 0.1) is 6.61 Å². The van der Waals surface area contributed by atoms with E-state index < -0.39 is 6.04 Å². The number of nitrogens with one attached hydrogen (secondary N) is 2. The van der Waals surface area contributed by atoms with Gasteiger partial charge in [0.1, 0.15) is 11.8 Å². The van der Waals surface area contributed by atoms with Gasteiger partial charge in [-0.25, -0.2) is 0 Å². The molecule has 2 amide bonds. The van der Waals surface area contributed by atoms with Crippen molar-refractivity contribution in [3.05, 3.63) is 54.1 Å². The van der Waals surface area contributed by atoms with Crippen molar-refractivity contribution in [3.63, 3.8) is 0 Å². The number of amides is 2. The highest BCUT2D eigenvalue weighted by molar-refractivity contribution is 7.98. The lowest BCUT2D eigenvalue weighted by Gasteiger charge is -2.22. The second kappa shape index (κ2) is 10.0. The number of benzene rings is 2. The van der Waals surface area contributed by atoms with E-state index in [1.165, 1.54) is 0 Å². The summed E-state index contributed by atoms with van der Waals surface area (Å²) in [7, 11) is 0. The maximum Gasteiger partial charge on any atom is 0.251 e. The van der Waals surface area contributed by atoms with Crippen LogP contribution in [0.25, 0.3) is 0 Å². The minimum absolute atomic E-state index is 0.0552. The number of anilines is 1. The van der Waals surface area contributed by atoms with Crippen molar-refractivity contribution in [2.75, 3.05) is 18.2 Å². The summed E-state index contributed by atoms with van der Waals surface area (Å²) in [4.78, 5) is 26.3. The Morgan fingerprint density at radius 2 is 1.81 bits per heavy atom. The van der Waals surface area contributed by atoms with Crippen LogP contribution in [0, 0.1) is 5.92 Å². The summed E-state index contributed by atoms with van der Waals surface area (Å²) in [5.41, 5.74) is 1.20. The van der Waals surface area contributed by atoms with E-state index in [1.54, 1.807) is 36.0 Å². The molecule has 0 saturated heterocycles. The molecule has 1 atom stereocenters. The normalized spacial score (nSPS) is 11.7. The second-order valence-electron chi connectivity index (χ2n) is 6.37. The van der Waals surface area contributed by atoms with E-state index in [9.17, 15) is 9.59 Å². The summed E-state index contributed by atoms with van der Waals surface area (Å²) in [6.07, 6.45) is 1.98. The third kappa shape index (κ3) is 6.03. The number of carbonyl (C=O) groups is 2. The molecule has 2 N–H and O–H groups in total. The van der Waals surface area contributed by atoms with Crippen LogP contribution in [0.4, 0.5) is 5.69 Å². The van der Waals surface area contributed by atoms with Crippen molar-refractivity contribution in [2.24, 2.45) is 5.92 Å². The second-order valence-corrected chi connectivity index (χ2v) is 7.25. The van der Waals surface area contributed by atoms with Gasteiger partial charge in [0.25, 0.3) is 5.91 Å². The molecule has 0 aliphatic heterocycles. The van der Waals surface area contributed by atoms with Crippen LogP contribution in [0.15, 0.2) is 53.4 Å². The van der Waals surface area contributed by atoms with Crippen molar-refractivity contribution in [1.82, 2.24) is 5.32 Å². The van der Waals surface area contributed by atoms with Crippen LogP contribution >= 0.6 is 11.8 Å². The summed E-state index contributed by atoms with van der Waals surface area (Å²) in [5.74, 6) is 0.133. The largest absolute Gasteiger partial charge is 0.494 e. The Hall–Kier alpha value is -2.47. The molecule has 27 heavy (non-hydrogen) atoms. The van der Waals surface area contributed by atoms with Gasteiger partial charge >= 0.3 is 0 Å². The number of ether oxygens (including phenoxy) is 1. The summed E-state index contributed by atoms with van der Waals surface area (Å²) < 4.78 is 5.39. The molecule has 0 aliphatic carbocycles. The van der Waals surface area contributed by atoms with Crippen molar-refractivity contribution in [3.8, 4) is 5.75 Å². The van der Waals surface area contributed by atoms with Gasteiger partial charge < -0.3 is 15.4 Å². The Morgan fingerprint density at radius 1 is 1.11 bits per heavy atom. The lowest BCUT2D eigenvalue weighted by molar-refractivity contribution is -0.118. The Bertz CT molecular complexity index is 775. The smallest absolute Gasteiger partial charge is 0.251 e. The molecule has 0 heterocycles. The number of hydrogen-bond acceptors (Lipinski definition) is 4. The number of hydrogen-bond donors (Lipinski definition) is 2. The zero-order valence-electron chi connectivity index (χ0n) is 16.1. The van der Waals surface area contributed by atoms with Gasteiger partial charge in [-0.3, -0.25) is 9.59 Å². The fraction of sp³-hybridized carbons (Fsp3) is 0.333. The SMILES string of the molecule is CCOc1ccc(C(=O)NC(C(=O)Nc2cccc(SC)c2)C(C)C)cc1. The van der Waals surface area contributed by atoms with Gasteiger partial charge in [0.15, 0.2) is 0 Å². The van der Waals surface area contributed by atoms with Gasteiger partial charge in [0, 0.05) is 16.1 Å². The van der Waals surface area contributed by atoms with Gasteiger partial charge in [-0.05, 0) is 61.6 Å². The first kappa shape index (κ1) is 20.8. The van der Waals surface area contributed by atoms with E-state index >= 15 is 0 Å². The number of carbonyl (C=O) groups excluding carboxylic acids is 2. The molecule has 5 nitrogen and oxygen atoms in total. The van der Waals surface area contributed by atoms with Gasteiger partial charge in [0.2, 0.25) is 5.91 Å². The fourth-order valence-electron chi connectivity index (χ4n) is 2.55. The molecule has 0 aliphatic rings. The maximum atomic E-state index is 12.7. The van der Waals surface area contributed by atoms with E-state index in [4.69, 9.17) is 4.74 Å². The summed E-state index contributed by atoms with van der Waals surface area (Å²) >= 11 is 1.61. The van der Waals surface area contributed by atoms with Crippen LogP contribution < -0.4 is 15.4 Å². The van der Waals surface area contributed by atoms with Crippen LogP contribution in [0.3, 0.4) is 0 Å². The summed E-state index contributed by atoms with van der Waals surface area (Å²) in [5, 5.41) is 5.73. The molecule has 0 saturated carbocycles. The van der Waals surface area contributed by atoms with E-state index in [-0.39, 0.29) is 17.7 Å². The lowest BCUT2D eigenvalue weighted by atomic mass is 10.0. The summed E-state index contributed by atoms with van der Waals surface area (Å²) in [6.45, 7) is 6.28. The average molecular weight is 387 g/mol. The predicted octanol–water partition coefficient (Wildman–Crippen LogP) is 4.20. The molecule has 144 valence electrons. The average Bonchev–Trinajstić information content (AvgIpc) is 2.66. The zero-order valence-corrected chi connectivity index (χ0v) is 16.9. The first-order valence-electron chi connectivity index (χ1n) is 8.93. The monoisotopic (exact) mass is 386 g/mol.